The first-order chi connectivity index (χ1) is 8.41. The van der Waals surface area contributed by atoms with Gasteiger partial charge in [0.2, 0.25) is 0 Å². The average molecular weight is 307 g/mol. The monoisotopic (exact) mass is 306 g/mol. The minimum Gasteiger partial charge on any atom is -0.256 e. The molecule has 2 rings (SSSR count). The smallest absolute Gasteiger partial charge is 0.256 e. The van der Waals surface area contributed by atoms with E-state index in [1.54, 1.807) is 24.3 Å². The Labute approximate surface area is 118 Å². The molecule has 1 aromatic rings. The fraction of sp³-hybridized carbons (Fsp3) is 0.455. The van der Waals surface area contributed by atoms with Crippen LogP contribution in [-0.2, 0) is 10.2 Å². The quantitative estimate of drug-likeness (QED) is 0.868. The summed E-state index contributed by atoms with van der Waals surface area (Å²) >= 11 is 10.0. The topological polar surface area (TPSA) is 40.6 Å². The highest BCUT2D eigenvalue weighted by atomic mass is 35.5. The molecule has 7 heteroatoms. The predicted octanol–water partition coefficient (Wildman–Crippen LogP) is 2.03. The highest BCUT2D eigenvalue weighted by molar-refractivity contribution is 7.90. The molecule has 100 valence electrons. The lowest BCUT2D eigenvalue weighted by molar-refractivity contribution is 0.453. The van der Waals surface area contributed by atoms with Crippen molar-refractivity contribution in [3.8, 4) is 0 Å². The number of nitrogens with zero attached hydrogens (tertiary/aromatic N) is 2. The Morgan fingerprint density at radius 2 is 1.94 bits per heavy atom. The van der Waals surface area contributed by atoms with Crippen molar-refractivity contribution in [1.82, 2.24) is 4.31 Å². The molecule has 0 aliphatic carbocycles. The molecule has 0 aromatic heterocycles. The number of hydrogen-bond acceptors (Lipinski definition) is 3. The van der Waals surface area contributed by atoms with E-state index in [2.05, 4.69) is 12.6 Å². The Hall–Kier alpha value is -0.430. The minimum absolute atomic E-state index is 0.0185. The zero-order chi connectivity index (χ0) is 13.3. The molecule has 1 saturated heterocycles. The number of benzene rings is 1. The Kier molecular flexibility index (Phi) is 4.11. The van der Waals surface area contributed by atoms with E-state index in [9.17, 15) is 8.42 Å². The third-order valence-corrected chi connectivity index (χ3v) is 5.09. The molecule has 0 N–H and O–H groups in total. The summed E-state index contributed by atoms with van der Waals surface area (Å²) in [7, 11) is -3.41. The molecule has 1 aliphatic heterocycles. The van der Waals surface area contributed by atoms with Gasteiger partial charge in [-0.3, -0.25) is 4.31 Å². The minimum atomic E-state index is -3.41. The maximum atomic E-state index is 12.3. The number of hydrogen-bond donors (Lipinski definition) is 1. The summed E-state index contributed by atoms with van der Waals surface area (Å²) in [6, 6.07) is 6.81. The largest absolute Gasteiger partial charge is 0.304 e. The van der Waals surface area contributed by atoms with Crippen LogP contribution in [0.1, 0.15) is 6.92 Å². The van der Waals surface area contributed by atoms with Crippen LogP contribution in [0.4, 0.5) is 5.69 Å². The Bertz CT molecular complexity index is 516. The molecule has 1 heterocycles. The Morgan fingerprint density at radius 1 is 1.33 bits per heavy atom. The van der Waals surface area contributed by atoms with Crippen molar-refractivity contribution in [2.75, 3.05) is 23.9 Å². The van der Waals surface area contributed by atoms with Crippen LogP contribution in [0, 0.1) is 0 Å². The maximum absolute atomic E-state index is 12.3. The van der Waals surface area contributed by atoms with Gasteiger partial charge >= 0.3 is 10.2 Å². The van der Waals surface area contributed by atoms with Crippen LogP contribution in [0.15, 0.2) is 24.3 Å². The predicted molar refractivity (Wildman–Crippen MR) is 77.7 cm³/mol. The van der Waals surface area contributed by atoms with Gasteiger partial charge in [0, 0.05) is 29.9 Å². The van der Waals surface area contributed by atoms with Crippen LogP contribution < -0.4 is 4.31 Å². The highest BCUT2D eigenvalue weighted by Crippen LogP contribution is 2.26. The molecule has 4 nitrogen and oxygen atoms in total. The molecule has 0 saturated carbocycles. The van der Waals surface area contributed by atoms with Gasteiger partial charge in [0.1, 0.15) is 0 Å². The molecule has 1 atom stereocenters. The van der Waals surface area contributed by atoms with E-state index in [-0.39, 0.29) is 5.25 Å². The second kappa shape index (κ2) is 5.28. The second-order valence-electron chi connectivity index (χ2n) is 4.26. The highest BCUT2D eigenvalue weighted by Gasteiger charge is 2.36. The van der Waals surface area contributed by atoms with Gasteiger partial charge in [0.15, 0.2) is 0 Å². The Morgan fingerprint density at radius 3 is 2.50 bits per heavy atom. The number of anilines is 1. The number of halogens is 1. The Balaban J connectivity index is 2.24. The van der Waals surface area contributed by atoms with E-state index in [4.69, 9.17) is 11.6 Å². The van der Waals surface area contributed by atoms with Gasteiger partial charge in [-0.1, -0.05) is 18.5 Å². The van der Waals surface area contributed by atoms with Crippen LogP contribution in [0.3, 0.4) is 0 Å². The normalized spacial score (nSPS) is 21.2. The summed E-state index contributed by atoms with van der Waals surface area (Å²) in [5.74, 6) is 0. The van der Waals surface area contributed by atoms with Crippen LogP contribution >= 0.6 is 24.2 Å². The molecule has 0 radical (unpaired) electrons. The molecule has 18 heavy (non-hydrogen) atoms. The van der Waals surface area contributed by atoms with E-state index < -0.39 is 10.2 Å². The van der Waals surface area contributed by atoms with Gasteiger partial charge < -0.3 is 0 Å². The van der Waals surface area contributed by atoms with Crippen LogP contribution in [0.5, 0.6) is 0 Å². The van der Waals surface area contributed by atoms with Crippen molar-refractivity contribution < 1.29 is 8.42 Å². The summed E-state index contributed by atoms with van der Waals surface area (Å²) in [5, 5.41) is 0.612. The van der Waals surface area contributed by atoms with Gasteiger partial charge in [0.05, 0.1) is 5.69 Å². The molecule has 0 spiro atoms. The SMILES string of the molecule is CC(S)CN1CCN(c2ccc(Cl)cc2)S1(=O)=O. The van der Waals surface area contributed by atoms with E-state index in [1.807, 2.05) is 6.92 Å². The zero-order valence-electron chi connectivity index (χ0n) is 9.95. The molecule has 1 aliphatic rings. The molecule has 0 amide bonds. The third kappa shape index (κ3) is 2.77. The summed E-state index contributed by atoms with van der Waals surface area (Å²) in [4.78, 5) is 0. The van der Waals surface area contributed by atoms with E-state index in [1.165, 1.54) is 8.61 Å². The zero-order valence-corrected chi connectivity index (χ0v) is 12.4. The lowest BCUT2D eigenvalue weighted by Gasteiger charge is -2.21. The van der Waals surface area contributed by atoms with Gasteiger partial charge in [-0.2, -0.15) is 25.4 Å². The van der Waals surface area contributed by atoms with Gasteiger partial charge in [-0.15, -0.1) is 0 Å². The molecule has 1 unspecified atom stereocenters. The van der Waals surface area contributed by atoms with Crippen molar-refractivity contribution >= 4 is 40.1 Å². The summed E-state index contributed by atoms with van der Waals surface area (Å²) in [6.45, 7) is 3.26. The fourth-order valence-electron chi connectivity index (χ4n) is 1.92. The first kappa shape index (κ1) is 14.0. The molecule has 0 bridgehead atoms. The van der Waals surface area contributed by atoms with Gasteiger partial charge in [-0.05, 0) is 24.3 Å². The molecule has 1 aromatic carbocycles. The van der Waals surface area contributed by atoms with Crippen molar-refractivity contribution in [2.24, 2.45) is 0 Å². The van der Waals surface area contributed by atoms with Crippen molar-refractivity contribution in [2.45, 2.75) is 12.2 Å². The summed E-state index contributed by atoms with van der Waals surface area (Å²) < 4.78 is 27.5. The van der Waals surface area contributed by atoms with Crippen LogP contribution in [0.2, 0.25) is 5.02 Å². The lowest BCUT2D eigenvalue weighted by Crippen LogP contribution is -2.35. The van der Waals surface area contributed by atoms with Gasteiger partial charge in [-0.25, -0.2) is 0 Å². The maximum Gasteiger partial charge on any atom is 0.304 e. The lowest BCUT2D eigenvalue weighted by atomic mass is 10.3. The number of thiol groups is 1. The average Bonchev–Trinajstić information content (AvgIpc) is 2.56. The van der Waals surface area contributed by atoms with Gasteiger partial charge in [0.25, 0.3) is 0 Å². The van der Waals surface area contributed by atoms with Crippen molar-refractivity contribution in [3.05, 3.63) is 29.3 Å². The molecule has 1 fully saturated rings. The summed E-state index contributed by atoms with van der Waals surface area (Å²) in [6.07, 6.45) is 0. The summed E-state index contributed by atoms with van der Waals surface area (Å²) in [5.41, 5.74) is 0.647. The first-order valence-electron chi connectivity index (χ1n) is 5.62. The van der Waals surface area contributed by atoms with Crippen molar-refractivity contribution in [3.63, 3.8) is 0 Å². The van der Waals surface area contributed by atoms with Crippen molar-refractivity contribution in [1.29, 1.82) is 0 Å². The second-order valence-corrected chi connectivity index (χ2v) is 7.43. The van der Waals surface area contributed by atoms with Crippen LogP contribution in [-0.4, -0.2) is 37.6 Å². The molecular weight excluding hydrogens is 292 g/mol. The third-order valence-electron chi connectivity index (χ3n) is 2.74. The molecular formula is C11H15ClN2O2S2. The van der Waals surface area contributed by atoms with Crippen LogP contribution in [0.25, 0.3) is 0 Å². The number of rotatable bonds is 3. The van der Waals surface area contributed by atoms with E-state index in [0.717, 1.165) is 0 Å². The fourth-order valence-corrected chi connectivity index (χ4v) is 4.06. The van der Waals surface area contributed by atoms with E-state index in [0.29, 0.717) is 30.3 Å². The first-order valence-corrected chi connectivity index (χ1v) is 7.92. The van der Waals surface area contributed by atoms with E-state index >= 15 is 0 Å². The standard InChI is InChI=1S/C11H15ClN2O2S2/c1-9(17)8-13-6-7-14(18(13,15)16)11-4-2-10(12)3-5-11/h2-5,9,17H,6-8H2,1H3.